The predicted octanol–water partition coefficient (Wildman–Crippen LogP) is 3.73. The van der Waals surface area contributed by atoms with Gasteiger partial charge in [-0.05, 0) is 49.0 Å². The highest BCUT2D eigenvalue weighted by molar-refractivity contribution is 7.80. The SMILES string of the molecule is CCOc1ccccc1NC(=S)Nc1ccc(CN2CCOCC2)cc1. The van der Waals surface area contributed by atoms with Gasteiger partial charge in [0.2, 0.25) is 0 Å². The molecule has 0 unspecified atom stereocenters. The maximum Gasteiger partial charge on any atom is 0.175 e. The average Bonchev–Trinajstić information content (AvgIpc) is 2.66. The van der Waals surface area contributed by atoms with Gasteiger partial charge in [-0.3, -0.25) is 4.90 Å². The molecule has 0 aromatic heterocycles. The van der Waals surface area contributed by atoms with Gasteiger partial charge in [0.25, 0.3) is 0 Å². The molecule has 0 amide bonds. The fraction of sp³-hybridized carbons (Fsp3) is 0.350. The molecule has 3 rings (SSSR count). The summed E-state index contributed by atoms with van der Waals surface area (Å²) in [5.41, 5.74) is 3.11. The predicted molar refractivity (Wildman–Crippen MR) is 110 cm³/mol. The molecule has 0 aliphatic carbocycles. The summed E-state index contributed by atoms with van der Waals surface area (Å²) < 4.78 is 11.0. The van der Waals surface area contributed by atoms with Crippen LogP contribution in [0.15, 0.2) is 48.5 Å². The minimum absolute atomic E-state index is 0.540. The Morgan fingerprint density at radius 2 is 1.81 bits per heavy atom. The lowest BCUT2D eigenvalue weighted by Crippen LogP contribution is -2.35. The molecule has 0 bridgehead atoms. The van der Waals surface area contributed by atoms with E-state index in [0.29, 0.717) is 11.7 Å². The summed E-state index contributed by atoms with van der Waals surface area (Å²) in [5, 5.41) is 6.96. The van der Waals surface area contributed by atoms with Gasteiger partial charge in [0.1, 0.15) is 5.75 Å². The van der Waals surface area contributed by atoms with Crippen LogP contribution in [0.2, 0.25) is 0 Å². The number of rotatable bonds is 6. The largest absolute Gasteiger partial charge is 0.492 e. The summed E-state index contributed by atoms with van der Waals surface area (Å²) >= 11 is 5.43. The van der Waals surface area contributed by atoms with Crippen molar-refractivity contribution in [2.24, 2.45) is 0 Å². The second-order valence-electron chi connectivity index (χ2n) is 6.09. The van der Waals surface area contributed by atoms with Crippen molar-refractivity contribution in [1.29, 1.82) is 0 Å². The number of nitrogens with one attached hydrogen (secondary N) is 2. The Bertz CT molecular complexity index is 715. The van der Waals surface area contributed by atoms with Crippen LogP contribution in [0.4, 0.5) is 11.4 Å². The van der Waals surface area contributed by atoms with Crippen LogP contribution < -0.4 is 15.4 Å². The van der Waals surface area contributed by atoms with Crippen molar-refractivity contribution >= 4 is 28.7 Å². The first-order valence-corrected chi connectivity index (χ1v) is 9.34. The lowest BCUT2D eigenvalue weighted by molar-refractivity contribution is 0.0342. The molecule has 2 aromatic carbocycles. The molecular weight excluding hydrogens is 346 g/mol. The van der Waals surface area contributed by atoms with Gasteiger partial charge in [-0.25, -0.2) is 0 Å². The maximum absolute atomic E-state index is 5.61. The van der Waals surface area contributed by atoms with Gasteiger partial charge < -0.3 is 20.1 Å². The number of anilines is 2. The van der Waals surface area contributed by atoms with E-state index in [-0.39, 0.29) is 0 Å². The topological polar surface area (TPSA) is 45.8 Å². The van der Waals surface area contributed by atoms with E-state index in [1.54, 1.807) is 0 Å². The molecule has 5 nitrogen and oxygen atoms in total. The average molecular weight is 372 g/mol. The zero-order valence-corrected chi connectivity index (χ0v) is 15.8. The fourth-order valence-corrected chi connectivity index (χ4v) is 3.07. The summed E-state index contributed by atoms with van der Waals surface area (Å²) in [5.74, 6) is 0.792. The quantitative estimate of drug-likeness (QED) is 0.755. The van der Waals surface area contributed by atoms with Gasteiger partial charge in [0, 0.05) is 25.3 Å². The Hall–Kier alpha value is -2.15. The van der Waals surface area contributed by atoms with E-state index in [0.717, 1.165) is 50.0 Å². The maximum atomic E-state index is 5.61. The molecule has 1 fully saturated rings. The van der Waals surface area contributed by atoms with Crippen LogP contribution in [-0.4, -0.2) is 42.9 Å². The molecule has 0 atom stereocenters. The molecule has 1 saturated heterocycles. The molecule has 0 saturated carbocycles. The molecule has 6 heteroatoms. The van der Waals surface area contributed by atoms with Crippen LogP contribution in [0.1, 0.15) is 12.5 Å². The number of para-hydroxylation sites is 2. The molecule has 1 aliphatic heterocycles. The van der Waals surface area contributed by atoms with Crippen molar-refractivity contribution in [1.82, 2.24) is 4.90 Å². The standard InChI is InChI=1S/C20H25N3O2S/c1-2-25-19-6-4-3-5-18(19)22-20(26)21-17-9-7-16(8-10-17)15-23-11-13-24-14-12-23/h3-10H,2,11-15H2,1H3,(H2,21,22,26). The third kappa shape index (κ3) is 5.42. The number of benzene rings is 2. The van der Waals surface area contributed by atoms with Gasteiger partial charge in [-0.15, -0.1) is 0 Å². The zero-order valence-electron chi connectivity index (χ0n) is 15.0. The number of nitrogens with zero attached hydrogens (tertiary/aromatic N) is 1. The molecule has 0 spiro atoms. The van der Waals surface area contributed by atoms with Crippen LogP contribution in [0, 0.1) is 0 Å². The third-order valence-corrected chi connectivity index (χ3v) is 4.36. The summed E-state index contributed by atoms with van der Waals surface area (Å²) in [6.45, 7) is 7.16. The molecule has 0 radical (unpaired) electrons. The number of ether oxygens (including phenoxy) is 2. The molecular formula is C20H25N3O2S. The normalized spacial score (nSPS) is 14.7. The van der Waals surface area contributed by atoms with Gasteiger partial charge in [-0.2, -0.15) is 0 Å². The summed E-state index contributed by atoms with van der Waals surface area (Å²) in [6.07, 6.45) is 0. The fourth-order valence-electron chi connectivity index (χ4n) is 2.85. The van der Waals surface area contributed by atoms with Crippen LogP contribution in [0.3, 0.4) is 0 Å². The number of thiocarbonyl (C=S) groups is 1. The highest BCUT2D eigenvalue weighted by atomic mass is 32.1. The zero-order chi connectivity index (χ0) is 18.2. The Kier molecular flexibility index (Phi) is 6.82. The Morgan fingerprint density at radius 3 is 2.54 bits per heavy atom. The number of morpholine rings is 1. The molecule has 26 heavy (non-hydrogen) atoms. The highest BCUT2D eigenvalue weighted by Crippen LogP contribution is 2.24. The van der Waals surface area contributed by atoms with E-state index in [4.69, 9.17) is 21.7 Å². The van der Waals surface area contributed by atoms with Crippen molar-refractivity contribution in [2.75, 3.05) is 43.5 Å². The first-order chi connectivity index (χ1) is 12.7. The number of hydrogen-bond acceptors (Lipinski definition) is 4. The first-order valence-electron chi connectivity index (χ1n) is 8.93. The van der Waals surface area contributed by atoms with E-state index in [1.807, 2.05) is 31.2 Å². The van der Waals surface area contributed by atoms with Crippen molar-refractivity contribution in [3.63, 3.8) is 0 Å². The van der Waals surface area contributed by atoms with Gasteiger partial charge in [0.15, 0.2) is 5.11 Å². The third-order valence-electron chi connectivity index (χ3n) is 4.16. The second kappa shape index (κ2) is 9.52. The Labute approximate surface area is 160 Å². The highest BCUT2D eigenvalue weighted by Gasteiger charge is 2.10. The van der Waals surface area contributed by atoms with Crippen LogP contribution in [0.25, 0.3) is 0 Å². The smallest absolute Gasteiger partial charge is 0.175 e. The van der Waals surface area contributed by atoms with Gasteiger partial charge in [0.05, 0.1) is 25.5 Å². The van der Waals surface area contributed by atoms with Crippen LogP contribution in [0.5, 0.6) is 5.75 Å². The van der Waals surface area contributed by atoms with Crippen molar-refractivity contribution < 1.29 is 9.47 Å². The summed E-state index contributed by atoms with van der Waals surface area (Å²) in [6, 6.07) is 16.1. The van der Waals surface area contributed by atoms with E-state index < -0.39 is 0 Å². The Morgan fingerprint density at radius 1 is 1.08 bits per heavy atom. The van der Waals surface area contributed by atoms with Gasteiger partial charge >= 0.3 is 0 Å². The molecule has 2 aromatic rings. The summed E-state index contributed by atoms with van der Waals surface area (Å²) in [7, 11) is 0. The minimum atomic E-state index is 0.540. The molecule has 1 aliphatic rings. The van der Waals surface area contributed by atoms with Gasteiger partial charge in [-0.1, -0.05) is 24.3 Å². The lowest BCUT2D eigenvalue weighted by Gasteiger charge is -2.26. The van der Waals surface area contributed by atoms with Crippen LogP contribution >= 0.6 is 12.2 Å². The van der Waals surface area contributed by atoms with E-state index >= 15 is 0 Å². The summed E-state index contributed by atoms with van der Waals surface area (Å²) in [4.78, 5) is 2.41. The Balaban J connectivity index is 1.54. The molecule has 138 valence electrons. The van der Waals surface area contributed by atoms with Crippen molar-refractivity contribution in [3.05, 3.63) is 54.1 Å². The molecule has 1 heterocycles. The van der Waals surface area contributed by atoms with Crippen LogP contribution in [-0.2, 0) is 11.3 Å². The lowest BCUT2D eigenvalue weighted by atomic mass is 10.2. The molecule has 2 N–H and O–H groups in total. The monoisotopic (exact) mass is 371 g/mol. The van der Waals surface area contributed by atoms with Crippen molar-refractivity contribution in [3.8, 4) is 5.75 Å². The van der Waals surface area contributed by atoms with E-state index in [2.05, 4.69) is 39.8 Å². The van der Waals surface area contributed by atoms with Crippen molar-refractivity contribution in [2.45, 2.75) is 13.5 Å². The van der Waals surface area contributed by atoms with E-state index in [1.165, 1.54) is 5.56 Å². The first kappa shape index (κ1) is 18.6. The minimum Gasteiger partial charge on any atom is -0.492 e. The second-order valence-corrected chi connectivity index (χ2v) is 6.50. The number of hydrogen-bond donors (Lipinski definition) is 2. The van der Waals surface area contributed by atoms with E-state index in [9.17, 15) is 0 Å².